The summed E-state index contributed by atoms with van der Waals surface area (Å²) in [5.74, 6) is 2.06. The van der Waals surface area contributed by atoms with E-state index in [0.717, 1.165) is 77.7 Å². The molecular formula is C46H29N5O. The Bertz CT molecular complexity index is 2960. The van der Waals surface area contributed by atoms with E-state index in [4.69, 9.17) is 24.4 Å². The predicted molar refractivity (Wildman–Crippen MR) is 211 cm³/mol. The first-order chi connectivity index (χ1) is 25.7. The number of aromatic nitrogens is 3. The molecule has 244 valence electrons. The summed E-state index contributed by atoms with van der Waals surface area (Å²) in [5, 5.41) is 4.07. The number of fused-ring (bicyclic) bond motifs is 7. The summed E-state index contributed by atoms with van der Waals surface area (Å²) in [4.78, 5) is 21.4. The van der Waals surface area contributed by atoms with Crippen molar-refractivity contribution in [1.29, 1.82) is 0 Å². The fourth-order valence-electron chi connectivity index (χ4n) is 8.03. The normalized spacial score (nSPS) is 18.9. The van der Waals surface area contributed by atoms with Crippen LogP contribution in [-0.2, 0) is 0 Å². The van der Waals surface area contributed by atoms with Gasteiger partial charge in [0.2, 0.25) is 5.71 Å². The van der Waals surface area contributed by atoms with E-state index in [1.165, 1.54) is 0 Å². The summed E-state index contributed by atoms with van der Waals surface area (Å²) in [7, 11) is 0. The summed E-state index contributed by atoms with van der Waals surface area (Å²) in [6, 6.07) is 43.6. The molecule has 1 spiro atoms. The lowest BCUT2D eigenvalue weighted by Gasteiger charge is -2.30. The molecule has 0 amide bonds. The minimum atomic E-state index is -0.609. The Morgan fingerprint density at radius 2 is 1.37 bits per heavy atom. The maximum Gasteiger partial charge on any atom is 0.231 e. The zero-order chi connectivity index (χ0) is 34.2. The number of hydrogen-bond donors (Lipinski definition) is 0. The van der Waals surface area contributed by atoms with Crippen molar-refractivity contribution in [3.63, 3.8) is 0 Å². The SMILES string of the molecule is C1=CC23C=CC(=C1)c1nc(-c4ccccc4)nc4oc5ccc6c7ccccc7n(c6c5c14)/C(=C/C2)N=C(c1ccccc1)N=C3c1ccccc1. The Hall–Kier alpha value is -6.92. The van der Waals surface area contributed by atoms with Gasteiger partial charge in [-0.3, -0.25) is 4.57 Å². The zero-order valence-corrected chi connectivity index (χ0v) is 27.9. The molecule has 11 rings (SSSR count). The van der Waals surface area contributed by atoms with Gasteiger partial charge in [-0.25, -0.2) is 15.0 Å². The molecule has 0 fully saturated rings. The molecule has 6 heteroatoms. The maximum absolute atomic E-state index is 6.71. The van der Waals surface area contributed by atoms with E-state index in [-0.39, 0.29) is 0 Å². The van der Waals surface area contributed by atoms with Crippen LogP contribution in [0.5, 0.6) is 0 Å². The minimum Gasteiger partial charge on any atom is -0.437 e. The van der Waals surface area contributed by atoms with Crippen LogP contribution < -0.4 is 0 Å². The Morgan fingerprint density at radius 3 is 2.17 bits per heavy atom. The number of benzene rings is 5. The number of para-hydroxylation sites is 1. The van der Waals surface area contributed by atoms with Crippen molar-refractivity contribution < 1.29 is 4.42 Å². The van der Waals surface area contributed by atoms with E-state index >= 15 is 0 Å². The molecule has 8 aromatic rings. The van der Waals surface area contributed by atoms with Crippen molar-refractivity contribution in [3.8, 4) is 11.4 Å². The lowest BCUT2D eigenvalue weighted by Crippen LogP contribution is -2.30. The fraction of sp³-hybridized carbons (Fsp3) is 0.0435. The molecule has 1 atom stereocenters. The molecule has 0 saturated heterocycles. The highest BCUT2D eigenvalue weighted by atomic mass is 16.3. The van der Waals surface area contributed by atoms with Crippen LogP contribution in [0.15, 0.2) is 178 Å². The van der Waals surface area contributed by atoms with Crippen LogP contribution in [0.25, 0.3) is 66.7 Å². The molecule has 0 N–H and O–H groups in total. The van der Waals surface area contributed by atoms with E-state index < -0.39 is 5.41 Å². The number of aliphatic imine (C=N–C) groups is 2. The average molecular weight is 668 g/mol. The Kier molecular flexibility index (Phi) is 6.13. The van der Waals surface area contributed by atoms with Gasteiger partial charge in [0.1, 0.15) is 11.4 Å². The largest absolute Gasteiger partial charge is 0.437 e. The average Bonchev–Trinajstić information content (AvgIpc) is 3.65. The van der Waals surface area contributed by atoms with Gasteiger partial charge < -0.3 is 4.42 Å². The van der Waals surface area contributed by atoms with E-state index in [0.29, 0.717) is 23.8 Å². The van der Waals surface area contributed by atoms with Crippen LogP contribution in [0.2, 0.25) is 0 Å². The van der Waals surface area contributed by atoms with Gasteiger partial charge in [-0.1, -0.05) is 140 Å². The summed E-state index contributed by atoms with van der Waals surface area (Å²) in [5.41, 5.74) is 8.37. The first-order valence-electron chi connectivity index (χ1n) is 17.5. The highest BCUT2D eigenvalue weighted by molar-refractivity contribution is 6.26. The standard InChI is InChI=1S/C46H29N5O/c1-4-13-30(14-5-1)42-46-26-12-19-29(24-27-46)40-39-38-36(52-45(39)50-44(48-40)32-17-8-3-9-18-32)23-22-34-33-20-10-11-21-35(33)51(41(34)38)37(25-28-46)47-43(49-42)31-15-6-2-7-16-31/h1-27H,28H2/b37-25+,47-43?,49-42?. The molecule has 3 bridgehead atoms. The summed E-state index contributed by atoms with van der Waals surface area (Å²) in [6.45, 7) is 0. The molecule has 2 aliphatic heterocycles. The quantitative estimate of drug-likeness (QED) is 0.188. The highest BCUT2D eigenvalue weighted by Gasteiger charge is 2.35. The van der Waals surface area contributed by atoms with Crippen LogP contribution in [0, 0.1) is 5.41 Å². The van der Waals surface area contributed by atoms with Gasteiger partial charge in [-0.2, -0.15) is 4.98 Å². The molecule has 1 aliphatic carbocycles. The molecule has 3 aromatic heterocycles. The second kappa shape index (κ2) is 11.0. The second-order valence-corrected chi connectivity index (χ2v) is 13.5. The van der Waals surface area contributed by atoms with Crippen LogP contribution in [0.3, 0.4) is 0 Å². The van der Waals surface area contributed by atoms with Crippen molar-refractivity contribution in [3.05, 3.63) is 181 Å². The molecule has 0 saturated carbocycles. The summed E-state index contributed by atoms with van der Waals surface area (Å²) >= 11 is 0. The second-order valence-electron chi connectivity index (χ2n) is 13.5. The Morgan fingerprint density at radius 1 is 0.635 bits per heavy atom. The Balaban J connectivity index is 1.35. The monoisotopic (exact) mass is 667 g/mol. The third-order valence-electron chi connectivity index (χ3n) is 10.5. The number of furan rings is 1. The van der Waals surface area contributed by atoms with Crippen molar-refractivity contribution in [2.24, 2.45) is 15.4 Å². The highest BCUT2D eigenvalue weighted by Crippen LogP contribution is 2.46. The molecule has 3 aliphatic rings. The van der Waals surface area contributed by atoms with E-state index in [2.05, 4.69) is 114 Å². The molecule has 52 heavy (non-hydrogen) atoms. The van der Waals surface area contributed by atoms with Gasteiger partial charge in [0.05, 0.1) is 38.6 Å². The van der Waals surface area contributed by atoms with Gasteiger partial charge in [0, 0.05) is 27.5 Å². The van der Waals surface area contributed by atoms with Gasteiger partial charge in [0.25, 0.3) is 0 Å². The van der Waals surface area contributed by atoms with Crippen molar-refractivity contribution >= 4 is 66.8 Å². The van der Waals surface area contributed by atoms with Crippen LogP contribution in [-0.4, -0.2) is 26.1 Å². The predicted octanol–water partition coefficient (Wildman–Crippen LogP) is 10.8. The van der Waals surface area contributed by atoms with Crippen LogP contribution in [0.1, 0.15) is 23.2 Å². The molecule has 1 unspecified atom stereocenters. The zero-order valence-electron chi connectivity index (χ0n) is 27.9. The maximum atomic E-state index is 6.71. The molecule has 0 radical (unpaired) electrons. The smallest absolute Gasteiger partial charge is 0.231 e. The topological polar surface area (TPSA) is 68.6 Å². The lowest BCUT2D eigenvalue weighted by atomic mass is 9.75. The van der Waals surface area contributed by atoms with Gasteiger partial charge in [-0.15, -0.1) is 0 Å². The molecule has 5 aromatic carbocycles. The molecular weight excluding hydrogens is 639 g/mol. The van der Waals surface area contributed by atoms with Crippen molar-refractivity contribution in [1.82, 2.24) is 14.5 Å². The van der Waals surface area contributed by atoms with Gasteiger partial charge in [0.15, 0.2) is 11.7 Å². The molecule has 6 nitrogen and oxygen atoms in total. The van der Waals surface area contributed by atoms with Crippen molar-refractivity contribution in [2.45, 2.75) is 6.42 Å². The summed E-state index contributed by atoms with van der Waals surface area (Å²) in [6.07, 6.45) is 14.0. The van der Waals surface area contributed by atoms with Crippen molar-refractivity contribution in [2.75, 3.05) is 0 Å². The number of nitrogens with zero attached hydrogens (tertiary/aromatic N) is 5. The number of allylic oxidation sites excluding steroid dienone is 7. The van der Waals surface area contributed by atoms with Gasteiger partial charge >= 0.3 is 0 Å². The van der Waals surface area contributed by atoms with E-state index in [9.17, 15) is 0 Å². The Labute approximate surface area is 298 Å². The van der Waals surface area contributed by atoms with E-state index in [1.54, 1.807) is 0 Å². The first-order valence-corrected chi connectivity index (χ1v) is 17.5. The number of hydrogen-bond acceptors (Lipinski definition) is 5. The van der Waals surface area contributed by atoms with E-state index in [1.807, 2.05) is 54.6 Å². The number of amidine groups is 1. The number of rotatable bonds is 3. The first kappa shape index (κ1) is 28.9. The summed E-state index contributed by atoms with van der Waals surface area (Å²) < 4.78 is 9.00. The third-order valence-corrected chi connectivity index (χ3v) is 10.5. The molecule has 5 heterocycles. The van der Waals surface area contributed by atoms with Crippen LogP contribution in [0.4, 0.5) is 0 Å². The van der Waals surface area contributed by atoms with Gasteiger partial charge in [-0.05, 0) is 36.3 Å². The fourth-order valence-corrected chi connectivity index (χ4v) is 8.03. The third kappa shape index (κ3) is 4.24. The van der Waals surface area contributed by atoms with Crippen LogP contribution >= 0.6 is 0 Å². The lowest BCUT2D eigenvalue weighted by molar-refractivity contribution is 0.653. The minimum absolute atomic E-state index is 0.548.